The SMILES string of the molecule is CCCCN(C(=O)NC1CCCC1(C)C(=O)O)C1CC1. The van der Waals surface area contributed by atoms with E-state index in [9.17, 15) is 14.7 Å². The predicted molar refractivity (Wildman–Crippen MR) is 76.5 cm³/mol. The van der Waals surface area contributed by atoms with Crippen molar-refractivity contribution in [3.8, 4) is 0 Å². The molecule has 5 nitrogen and oxygen atoms in total. The van der Waals surface area contributed by atoms with Crippen LogP contribution in [0.1, 0.15) is 58.8 Å². The van der Waals surface area contributed by atoms with Gasteiger partial charge in [-0.1, -0.05) is 19.8 Å². The van der Waals surface area contributed by atoms with Gasteiger partial charge in [-0.2, -0.15) is 0 Å². The van der Waals surface area contributed by atoms with E-state index in [0.29, 0.717) is 12.5 Å². The molecule has 20 heavy (non-hydrogen) atoms. The summed E-state index contributed by atoms with van der Waals surface area (Å²) >= 11 is 0. The molecule has 114 valence electrons. The summed E-state index contributed by atoms with van der Waals surface area (Å²) in [6.07, 6.45) is 6.51. The molecule has 0 bridgehead atoms. The maximum Gasteiger partial charge on any atom is 0.317 e. The molecule has 0 aliphatic heterocycles. The number of carbonyl (C=O) groups is 2. The van der Waals surface area contributed by atoms with Crippen LogP contribution in [0, 0.1) is 5.41 Å². The van der Waals surface area contributed by atoms with Crippen molar-refractivity contribution in [2.24, 2.45) is 5.41 Å². The highest BCUT2D eigenvalue weighted by Gasteiger charge is 2.46. The third-order valence-electron chi connectivity index (χ3n) is 4.75. The molecular formula is C15H26N2O3. The zero-order valence-corrected chi connectivity index (χ0v) is 12.5. The van der Waals surface area contributed by atoms with Gasteiger partial charge in [0.1, 0.15) is 0 Å². The fraction of sp³-hybridized carbons (Fsp3) is 0.867. The molecule has 0 radical (unpaired) electrons. The van der Waals surface area contributed by atoms with Gasteiger partial charge >= 0.3 is 12.0 Å². The van der Waals surface area contributed by atoms with Gasteiger partial charge in [0.2, 0.25) is 0 Å². The summed E-state index contributed by atoms with van der Waals surface area (Å²) in [5.41, 5.74) is -0.810. The predicted octanol–water partition coefficient (Wildman–Crippen LogP) is 2.60. The van der Waals surface area contributed by atoms with E-state index in [-0.39, 0.29) is 12.1 Å². The first-order valence-electron chi connectivity index (χ1n) is 7.79. The summed E-state index contributed by atoms with van der Waals surface area (Å²) < 4.78 is 0. The van der Waals surface area contributed by atoms with Gasteiger partial charge in [-0.25, -0.2) is 4.79 Å². The Kier molecular flexibility index (Phi) is 4.55. The van der Waals surface area contributed by atoms with E-state index >= 15 is 0 Å². The topological polar surface area (TPSA) is 69.6 Å². The first-order chi connectivity index (χ1) is 9.49. The quantitative estimate of drug-likeness (QED) is 0.786. The number of nitrogens with zero attached hydrogens (tertiary/aromatic N) is 1. The standard InChI is InChI=1S/C15H26N2O3/c1-3-4-10-17(11-7-8-11)14(20)16-12-6-5-9-15(12,2)13(18)19/h11-12H,3-10H2,1-2H3,(H,16,20)(H,18,19). The summed E-state index contributed by atoms with van der Waals surface area (Å²) in [6, 6.07) is 0.0646. The molecule has 2 fully saturated rings. The Morgan fingerprint density at radius 3 is 2.60 bits per heavy atom. The van der Waals surface area contributed by atoms with Crippen molar-refractivity contribution in [2.75, 3.05) is 6.54 Å². The fourth-order valence-electron chi connectivity index (χ4n) is 3.05. The van der Waals surface area contributed by atoms with Gasteiger partial charge in [0, 0.05) is 18.6 Å². The molecule has 0 heterocycles. The van der Waals surface area contributed by atoms with Crippen molar-refractivity contribution in [3.63, 3.8) is 0 Å². The van der Waals surface area contributed by atoms with Gasteiger partial charge < -0.3 is 15.3 Å². The Morgan fingerprint density at radius 2 is 2.05 bits per heavy atom. The number of unbranched alkanes of at least 4 members (excludes halogenated alkanes) is 1. The second kappa shape index (κ2) is 6.02. The Bertz CT molecular complexity index is 381. The number of urea groups is 1. The normalized spacial score (nSPS) is 29.2. The number of aliphatic carboxylic acids is 1. The fourth-order valence-corrected chi connectivity index (χ4v) is 3.05. The van der Waals surface area contributed by atoms with E-state index in [2.05, 4.69) is 12.2 Å². The second-order valence-electron chi connectivity index (χ2n) is 6.40. The largest absolute Gasteiger partial charge is 0.481 e. The van der Waals surface area contributed by atoms with E-state index < -0.39 is 11.4 Å². The Hall–Kier alpha value is -1.26. The molecule has 0 aromatic heterocycles. The first kappa shape index (κ1) is 15.1. The minimum Gasteiger partial charge on any atom is -0.481 e. The smallest absolute Gasteiger partial charge is 0.317 e. The molecule has 0 aromatic carbocycles. The number of hydrogen-bond acceptors (Lipinski definition) is 2. The summed E-state index contributed by atoms with van der Waals surface area (Å²) in [5, 5.41) is 12.4. The summed E-state index contributed by atoms with van der Waals surface area (Å²) in [7, 11) is 0. The molecule has 0 saturated heterocycles. The molecule has 2 aliphatic rings. The average molecular weight is 282 g/mol. The van der Waals surface area contributed by atoms with Crippen molar-refractivity contribution in [1.29, 1.82) is 0 Å². The Balaban J connectivity index is 1.97. The van der Waals surface area contributed by atoms with Crippen molar-refractivity contribution in [1.82, 2.24) is 10.2 Å². The minimum absolute atomic E-state index is 0.0691. The molecule has 2 amide bonds. The average Bonchev–Trinajstić information content (AvgIpc) is 3.16. The molecule has 2 unspecified atom stereocenters. The van der Waals surface area contributed by atoms with Crippen molar-refractivity contribution in [3.05, 3.63) is 0 Å². The Morgan fingerprint density at radius 1 is 1.35 bits per heavy atom. The third kappa shape index (κ3) is 3.07. The zero-order valence-electron chi connectivity index (χ0n) is 12.5. The highest BCUT2D eigenvalue weighted by molar-refractivity contribution is 5.79. The molecule has 2 N–H and O–H groups in total. The van der Waals surface area contributed by atoms with Crippen molar-refractivity contribution in [2.45, 2.75) is 70.9 Å². The van der Waals surface area contributed by atoms with Gasteiger partial charge in [0.15, 0.2) is 0 Å². The summed E-state index contributed by atoms with van der Waals surface area (Å²) in [6.45, 7) is 4.64. The molecule has 0 aromatic rings. The molecule has 2 saturated carbocycles. The molecule has 5 heteroatoms. The van der Waals surface area contributed by atoms with Crippen LogP contribution >= 0.6 is 0 Å². The van der Waals surface area contributed by atoms with Crippen LogP contribution in [0.15, 0.2) is 0 Å². The Labute approximate surface area is 120 Å². The lowest BCUT2D eigenvalue weighted by atomic mass is 9.85. The van der Waals surface area contributed by atoms with Crippen LogP contribution in [-0.2, 0) is 4.79 Å². The number of nitrogens with one attached hydrogen (secondary N) is 1. The summed E-state index contributed by atoms with van der Waals surface area (Å²) in [5.74, 6) is -0.799. The lowest BCUT2D eigenvalue weighted by Crippen LogP contribution is -2.52. The lowest BCUT2D eigenvalue weighted by Gasteiger charge is -2.31. The van der Waals surface area contributed by atoms with Crippen molar-refractivity contribution < 1.29 is 14.7 Å². The number of amides is 2. The van der Waals surface area contributed by atoms with E-state index in [4.69, 9.17) is 0 Å². The zero-order chi connectivity index (χ0) is 14.8. The van der Waals surface area contributed by atoms with Crippen LogP contribution < -0.4 is 5.32 Å². The van der Waals surface area contributed by atoms with E-state index in [1.54, 1.807) is 6.92 Å². The number of carboxylic acids is 1. The van der Waals surface area contributed by atoms with Crippen LogP contribution in [0.25, 0.3) is 0 Å². The van der Waals surface area contributed by atoms with Crippen LogP contribution in [0.5, 0.6) is 0 Å². The molecule has 2 rings (SSSR count). The summed E-state index contributed by atoms with van der Waals surface area (Å²) in [4.78, 5) is 25.8. The number of hydrogen-bond donors (Lipinski definition) is 2. The van der Waals surface area contributed by atoms with Gasteiger partial charge in [0.25, 0.3) is 0 Å². The van der Waals surface area contributed by atoms with Gasteiger partial charge in [-0.05, 0) is 39.0 Å². The maximum absolute atomic E-state index is 12.4. The van der Waals surface area contributed by atoms with Crippen LogP contribution in [0.2, 0.25) is 0 Å². The lowest BCUT2D eigenvalue weighted by molar-refractivity contribution is -0.148. The van der Waals surface area contributed by atoms with Gasteiger partial charge in [-0.3, -0.25) is 4.79 Å². The highest BCUT2D eigenvalue weighted by Crippen LogP contribution is 2.38. The van der Waals surface area contributed by atoms with E-state index in [1.165, 1.54) is 0 Å². The molecule has 2 aliphatic carbocycles. The third-order valence-corrected chi connectivity index (χ3v) is 4.75. The molecule has 0 spiro atoms. The number of carbonyl (C=O) groups excluding carboxylic acids is 1. The van der Waals surface area contributed by atoms with Crippen LogP contribution in [-0.4, -0.2) is 40.6 Å². The second-order valence-corrected chi connectivity index (χ2v) is 6.40. The molecular weight excluding hydrogens is 256 g/mol. The monoisotopic (exact) mass is 282 g/mol. The van der Waals surface area contributed by atoms with Crippen LogP contribution in [0.3, 0.4) is 0 Å². The van der Waals surface area contributed by atoms with E-state index in [0.717, 1.165) is 45.1 Å². The first-order valence-corrected chi connectivity index (χ1v) is 7.79. The number of carboxylic acid groups (broad SMARTS) is 1. The highest BCUT2D eigenvalue weighted by atomic mass is 16.4. The number of rotatable bonds is 6. The van der Waals surface area contributed by atoms with E-state index in [1.807, 2.05) is 4.90 Å². The maximum atomic E-state index is 12.4. The van der Waals surface area contributed by atoms with Crippen molar-refractivity contribution >= 4 is 12.0 Å². The van der Waals surface area contributed by atoms with Crippen LogP contribution in [0.4, 0.5) is 4.79 Å². The van der Waals surface area contributed by atoms with Gasteiger partial charge in [0.05, 0.1) is 5.41 Å². The minimum atomic E-state index is -0.810. The van der Waals surface area contributed by atoms with Gasteiger partial charge in [-0.15, -0.1) is 0 Å². The molecule has 2 atom stereocenters.